The lowest BCUT2D eigenvalue weighted by molar-refractivity contribution is 0.0696. The van der Waals surface area contributed by atoms with Crippen LogP contribution in [0.3, 0.4) is 0 Å². The Morgan fingerprint density at radius 2 is 1.95 bits per heavy atom. The Balaban J connectivity index is 2.77. The molecule has 0 aromatic heterocycles. The Morgan fingerprint density at radius 3 is 2.55 bits per heavy atom. The van der Waals surface area contributed by atoms with Crippen LogP contribution >= 0.6 is 0 Å². The molecular formula is C13H19NO5S. The molecule has 1 aromatic rings. The molecule has 0 saturated heterocycles. The Hall–Kier alpha value is -1.44. The van der Waals surface area contributed by atoms with Crippen molar-refractivity contribution in [1.29, 1.82) is 0 Å². The third-order valence-electron chi connectivity index (χ3n) is 2.88. The third-order valence-corrected chi connectivity index (χ3v) is 4.34. The Kier molecular flexibility index (Phi) is 6.12. The molecule has 0 fully saturated rings. The number of aliphatic hydroxyl groups excluding tert-OH is 1. The van der Waals surface area contributed by atoms with Gasteiger partial charge in [0, 0.05) is 13.2 Å². The molecule has 3 N–H and O–H groups in total. The molecule has 0 heterocycles. The summed E-state index contributed by atoms with van der Waals surface area (Å²) in [7, 11) is -3.70. The molecule has 20 heavy (non-hydrogen) atoms. The maximum absolute atomic E-state index is 12.0. The molecule has 0 saturated carbocycles. The Labute approximate surface area is 118 Å². The summed E-state index contributed by atoms with van der Waals surface area (Å²) in [6.07, 6.45) is 1.99. The Bertz CT molecular complexity index is 568. The van der Waals surface area contributed by atoms with Crippen molar-refractivity contribution >= 4 is 16.0 Å². The maximum atomic E-state index is 12.0. The summed E-state index contributed by atoms with van der Waals surface area (Å²) in [5.41, 5.74) is 0.493. The van der Waals surface area contributed by atoms with E-state index in [0.717, 1.165) is 12.5 Å². The highest BCUT2D eigenvalue weighted by Gasteiger charge is 2.17. The van der Waals surface area contributed by atoms with Crippen LogP contribution in [-0.4, -0.2) is 37.8 Å². The molecule has 0 aliphatic carbocycles. The number of carboxylic acid groups (broad SMARTS) is 1. The van der Waals surface area contributed by atoms with Gasteiger partial charge in [0.25, 0.3) is 0 Å². The minimum absolute atomic E-state index is 0.0202. The predicted molar refractivity (Wildman–Crippen MR) is 74.3 cm³/mol. The quantitative estimate of drug-likeness (QED) is 0.625. The second-order valence-corrected chi connectivity index (χ2v) is 6.23. The topological polar surface area (TPSA) is 104 Å². The van der Waals surface area contributed by atoms with Gasteiger partial charge in [-0.25, -0.2) is 17.9 Å². The molecule has 0 atom stereocenters. The van der Waals surface area contributed by atoms with Crippen LogP contribution in [0.5, 0.6) is 0 Å². The number of rotatable bonds is 8. The standard InChI is InChI=1S/C13H19NO5S/c1-10-5-6-11(9-12(10)13(16)17)20(18,19)14-7-3-2-4-8-15/h5-6,9,14-15H,2-4,7-8H2,1H3,(H,16,17). The summed E-state index contributed by atoms with van der Waals surface area (Å²) in [4.78, 5) is 10.9. The summed E-state index contributed by atoms with van der Waals surface area (Å²) in [6, 6.07) is 4.02. The first-order chi connectivity index (χ1) is 9.38. The number of aryl methyl sites for hydroxylation is 1. The molecule has 0 spiro atoms. The predicted octanol–water partition coefficient (Wildman–Crippen LogP) is 1.13. The van der Waals surface area contributed by atoms with Crippen LogP contribution in [0.25, 0.3) is 0 Å². The SMILES string of the molecule is Cc1ccc(S(=O)(=O)NCCCCCO)cc1C(=O)O. The zero-order valence-corrected chi connectivity index (χ0v) is 12.1. The highest BCUT2D eigenvalue weighted by molar-refractivity contribution is 7.89. The van der Waals surface area contributed by atoms with E-state index in [1.165, 1.54) is 12.1 Å². The van der Waals surface area contributed by atoms with E-state index in [1.807, 2.05) is 0 Å². The van der Waals surface area contributed by atoms with Crippen LogP contribution in [-0.2, 0) is 10.0 Å². The van der Waals surface area contributed by atoms with Crippen molar-refractivity contribution in [3.63, 3.8) is 0 Å². The van der Waals surface area contributed by atoms with Gasteiger partial charge < -0.3 is 10.2 Å². The fraction of sp³-hybridized carbons (Fsp3) is 0.462. The van der Waals surface area contributed by atoms with Crippen molar-refractivity contribution in [2.24, 2.45) is 0 Å². The largest absolute Gasteiger partial charge is 0.478 e. The number of sulfonamides is 1. The van der Waals surface area contributed by atoms with Gasteiger partial charge in [-0.2, -0.15) is 0 Å². The minimum Gasteiger partial charge on any atom is -0.478 e. The van der Waals surface area contributed by atoms with E-state index >= 15 is 0 Å². The zero-order chi connectivity index (χ0) is 15.2. The molecule has 0 radical (unpaired) electrons. The molecule has 1 rings (SSSR count). The lowest BCUT2D eigenvalue weighted by atomic mass is 10.1. The van der Waals surface area contributed by atoms with Gasteiger partial charge in [0.15, 0.2) is 0 Å². The van der Waals surface area contributed by atoms with E-state index < -0.39 is 16.0 Å². The molecule has 0 aliphatic rings. The summed E-state index contributed by atoms with van der Waals surface area (Å²) in [5, 5.41) is 17.6. The molecule has 0 aliphatic heterocycles. The van der Waals surface area contributed by atoms with Crippen molar-refractivity contribution in [2.45, 2.75) is 31.1 Å². The molecule has 0 bridgehead atoms. The molecule has 0 amide bonds. The lowest BCUT2D eigenvalue weighted by Crippen LogP contribution is -2.25. The zero-order valence-electron chi connectivity index (χ0n) is 11.3. The average molecular weight is 301 g/mol. The second kappa shape index (κ2) is 7.37. The summed E-state index contributed by atoms with van der Waals surface area (Å²) < 4.78 is 26.4. The van der Waals surface area contributed by atoms with E-state index in [9.17, 15) is 13.2 Å². The fourth-order valence-electron chi connectivity index (χ4n) is 1.70. The van der Waals surface area contributed by atoms with Crippen LogP contribution in [0.15, 0.2) is 23.1 Å². The number of nitrogens with one attached hydrogen (secondary N) is 1. The van der Waals surface area contributed by atoms with Crippen LogP contribution in [0, 0.1) is 6.92 Å². The van der Waals surface area contributed by atoms with E-state index in [4.69, 9.17) is 10.2 Å². The Morgan fingerprint density at radius 1 is 1.25 bits per heavy atom. The van der Waals surface area contributed by atoms with Gasteiger partial charge in [0.05, 0.1) is 10.5 Å². The third kappa shape index (κ3) is 4.59. The van der Waals surface area contributed by atoms with Crippen LogP contribution in [0.1, 0.15) is 35.2 Å². The van der Waals surface area contributed by atoms with Gasteiger partial charge in [-0.1, -0.05) is 6.07 Å². The van der Waals surface area contributed by atoms with Gasteiger partial charge >= 0.3 is 5.97 Å². The lowest BCUT2D eigenvalue weighted by Gasteiger charge is -2.08. The fourth-order valence-corrected chi connectivity index (χ4v) is 2.80. The first-order valence-electron chi connectivity index (χ1n) is 6.33. The second-order valence-electron chi connectivity index (χ2n) is 4.46. The highest BCUT2D eigenvalue weighted by atomic mass is 32.2. The number of unbranched alkanes of at least 4 members (excludes halogenated alkanes) is 2. The summed E-state index contributed by atoms with van der Waals surface area (Å²) >= 11 is 0. The van der Waals surface area contributed by atoms with Crippen molar-refractivity contribution in [3.05, 3.63) is 29.3 Å². The first-order valence-corrected chi connectivity index (χ1v) is 7.81. The molecule has 7 heteroatoms. The van der Waals surface area contributed by atoms with Crippen LogP contribution in [0.4, 0.5) is 0 Å². The van der Waals surface area contributed by atoms with E-state index in [0.29, 0.717) is 18.4 Å². The van der Waals surface area contributed by atoms with Gasteiger partial charge in [-0.3, -0.25) is 0 Å². The van der Waals surface area contributed by atoms with Crippen molar-refractivity contribution in [1.82, 2.24) is 4.72 Å². The van der Waals surface area contributed by atoms with Gasteiger partial charge in [0.2, 0.25) is 10.0 Å². The van der Waals surface area contributed by atoms with Gasteiger partial charge in [-0.15, -0.1) is 0 Å². The highest BCUT2D eigenvalue weighted by Crippen LogP contribution is 2.15. The molecule has 6 nitrogen and oxygen atoms in total. The van der Waals surface area contributed by atoms with Crippen LogP contribution in [0.2, 0.25) is 0 Å². The van der Waals surface area contributed by atoms with Gasteiger partial charge in [-0.05, 0) is 43.9 Å². The van der Waals surface area contributed by atoms with Gasteiger partial charge in [0.1, 0.15) is 0 Å². The number of carbonyl (C=O) groups is 1. The molecular weight excluding hydrogens is 282 g/mol. The number of aromatic carboxylic acids is 1. The van der Waals surface area contributed by atoms with Crippen molar-refractivity contribution in [2.75, 3.05) is 13.2 Å². The summed E-state index contributed by atoms with van der Waals surface area (Å²) in [6.45, 7) is 1.97. The smallest absolute Gasteiger partial charge is 0.335 e. The number of hydrogen-bond donors (Lipinski definition) is 3. The average Bonchev–Trinajstić information content (AvgIpc) is 2.38. The first kappa shape index (κ1) is 16.6. The number of hydrogen-bond acceptors (Lipinski definition) is 4. The molecule has 112 valence electrons. The van der Waals surface area contributed by atoms with E-state index in [-0.39, 0.29) is 23.6 Å². The normalized spacial score (nSPS) is 11.5. The van der Waals surface area contributed by atoms with Crippen molar-refractivity contribution < 1.29 is 23.4 Å². The van der Waals surface area contributed by atoms with Crippen LogP contribution < -0.4 is 4.72 Å². The minimum atomic E-state index is -3.70. The monoisotopic (exact) mass is 301 g/mol. The van der Waals surface area contributed by atoms with E-state index in [1.54, 1.807) is 6.92 Å². The number of benzene rings is 1. The number of carboxylic acids is 1. The maximum Gasteiger partial charge on any atom is 0.335 e. The molecule has 0 unspecified atom stereocenters. The summed E-state index contributed by atoms with van der Waals surface area (Å²) in [5.74, 6) is -1.15. The number of aliphatic hydroxyl groups is 1. The van der Waals surface area contributed by atoms with Crippen molar-refractivity contribution in [3.8, 4) is 0 Å². The molecule has 1 aromatic carbocycles. The van der Waals surface area contributed by atoms with E-state index in [2.05, 4.69) is 4.72 Å².